The molecule has 4 heteroatoms. The highest BCUT2D eigenvalue weighted by Gasteiger charge is 2.59. The largest absolute Gasteiger partial charge is 0.305 e. The number of halogens is 3. The van der Waals surface area contributed by atoms with Crippen LogP contribution < -0.4 is 0 Å². The van der Waals surface area contributed by atoms with Crippen molar-refractivity contribution in [3.05, 3.63) is 33.8 Å². The van der Waals surface area contributed by atoms with E-state index < -0.39 is 0 Å². The zero-order chi connectivity index (χ0) is 10.6. The maximum atomic E-state index is 6.06. The molecule has 0 bridgehead atoms. The Hall–Kier alpha value is 0.0500. The zero-order valence-corrected chi connectivity index (χ0v) is 11.4. The second kappa shape index (κ2) is 4.06. The van der Waals surface area contributed by atoms with E-state index in [1.165, 1.54) is 18.5 Å². The third-order valence-electron chi connectivity index (χ3n) is 3.81. The molecular formula is C12H14Cl3N. The number of likely N-dealkylation sites (N-methyl/N-ethyl adjacent to an activating group) is 1. The van der Waals surface area contributed by atoms with Gasteiger partial charge in [-0.3, -0.25) is 0 Å². The molecule has 2 fully saturated rings. The molecule has 1 aliphatic carbocycles. The van der Waals surface area contributed by atoms with Crippen molar-refractivity contribution in [1.29, 1.82) is 0 Å². The van der Waals surface area contributed by atoms with Gasteiger partial charge in [0.15, 0.2) is 0 Å². The Balaban J connectivity index is 0.000000963. The van der Waals surface area contributed by atoms with Crippen LogP contribution in [0.2, 0.25) is 10.0 Å². The fourth-order valence-electron chi connectivity index (χ4n) is 2.99. The molecule has 1 nitrogen and oxygen atoms in total. The van der Waals surface area contributed by atoms with Gasteiger partial charge in [0.2, 0.25) is 0 Å². The Bertz CT molecular complexity index is 421. The van der Waals surface area contributed by atoms with Crippen LogP contribution >= 0.6 is 35.6 Å². The van der Waals surface area contributed by atoms with Crippen molar-refractivity contribution in [2.75, 3.05) is 20.1 Å². The molecule has 1 heterocycles. The van der Waals surface area contributed by atoms with Gasteiger partial charge in [0, 0.05) is 18.5 Å². The van der Waals surface area contributed by atoms with Crippen molar-refractivity contribution in [2.24, 2.45) is 5.92 Å². The molecule has 16 heavy (non-hydrogen) atoms. The van der Waals surface area contributed by atoms with Crippen LogP contribution in [-0.2, 0) is 5.41 Å². The Morgan fingerprint density at radius 3 is 2.62 bits per heavy atom. The molecule has 0 N–H and O–H groups in total. The first-order chi connectivity index (χ1) is 7.12. The molecule has 0 aromatic heterocycles. The summed E-state index contributed by atoms with van der Waals surface area (Å²) in [6.45, 7) is 2.38. The lowest BCUT2D eigenvalue weighted by atomic mass is 9.95. The molecular weight excluding hydrogens is 264 g/mol. The first-order valence-corrected chi connectivity index (χ1v) is 6.01. The molecule has 88 valence electrons. The van der Waals surface area contributed by atoms with Crippen LogP contribution in [0.1, 0.15) is 12.0 Å². The van der Waals surface area contributed by atoms with Crippen molar-refractivity contribution in [2.45, 2.75) is 11.8 Å². The average molecular weight is 279 g/mol. The van der Waals surface area contributed by atoms with E-state index in [1.807, 2.05) is 12.1 Å². The van der Waals surface area contributed by atoms with Gasteiger partial charge < -0.3 is 4.90 Å². The standard InChI is InChI=1S/C12H13Cl2N.ClH/c1-15-6-9-5-12(9,7-15)8-2-3-10(13)11(14)4-8;/h2-4,9H,5-7H2,1H3;1H/t9-,12+;/m0./s1. The van der Waals surface area contributed by atoms with Gasteiger partial charge in [-0.25, -0.2) is 0 Å². The van der Waals surface area contributed by atoms with E-state index in [-0.39, 0.29) is 12.4 Å². The van der Waals surface area contributed by atoms with Gasteiger partial charge in [-0.1, -0.05) is 29.3 Å². The van der Waals surface area contributed by atoms with E-state index in [0.717, 1.165) is 12.5 Å². The number of rotatable bonds is 1. The monoisotopic (exact) mass is 277 g/mol. The smallest absolute Gasteiger partial charge is 0.0595 e. The third kappa shape index (κ3) is 1.74. The summed E-state index contributed by atoms with van der Waals surface area (Å²) in [6, 6.07) is 6.10. The number of piperidine rings is 1. The predicted octanol–water partition coefficient (Wildman–Crippen LogP) is 3.62. The molecule has 0 amide bonds. The molecule has 2 atom stereocenters. The number of likely N-dealkylation sites (tertiary alicyclic amines) is 1. The van der Waals surface area contributed by atoms with Crippen LogP contribution in [0.3, 0.4) is 0 Å². The highest BCUT2D eigenvalue weighted by atomic mass is 35.5. The van der Waals surface area contributed by atoms with Gasteiger partial charge in [-0.05, 0) is 37.1 Å². The molecule has 0 unspecified atom stereocenters. The van der Waals surface area contributed by atoms with E-state index >= 15 is 0 Å². The van der Waals surface area contributed by atoms with E-state index in [1.54, 1.807) is 0 Å². The van der Waals surface area contributed by atoms with Gasteiger partial charge in [0.25, 0.3) is 0 Å². The Kier molecular flexibility index (Phi) is 3.17. The van der Waals surface area contributed by atoms with Crippen molar-refractivity contribution < 1.29 is 0 Å². The van der Waals surface area contributed by atoms with Crippen LogP contribution in [0.15, 0.2) is 18.2 Å². The lowest BCUT2D eigenvalue weighted by molar-refractivity contribution is 0.363. The fraction of sp³-hybridized carbons (Fsp3) is 0.500. The molecule has 1 aromatic carbocycles. The molecule has 1 saturated heterocycles. The second-order valence-electron chi connectivity index (χ2n) is 4.88. The number of fused-ring (bicyclic) bond motifs is 1. The number of hydrogen-bond donors (Lipinski definition) is 0. The highest BCUT2D eigenvalue weighted by molar-refractivity contribution is 6.42. The summed E-state index contributed by atoms with van der Waals surface area (Å²) < 4.78 is 0. The van der Waals surface area contributed by atoms with Crippen molar-refractivity contribution >= 4 is 35.6 Å². The minimum Gasteiger partial charge on any atom is -0.305 e. The van der Waals surface area contributed by atoms with E-state index in [9.17, 15) is 0 Å². The summed E-state index contributed by atoms with van der Waals surface area (Å²) in [4.78, 5) is 2.40. The molecule has 1 saturated carbocycles. The van der Waals surface area contributed by atoms with E-state index in [0.29, 0.717) is 15.5 Å². The minimum atomic E-state index is 0. The summed E-state index contributed by atoms with van der Waals surface area (Å²) in [5.74, 6) is 0.833. The van der Waals surface area contributed by atoms with Gasteiger partial charge in [-0.15, -0.1) is 12.4 Å². The number of hydrogen-bond acceptors (Lipinski definition) is 1. The highest BCUT2D eigenvalue weighted by Crippen LogP contribution is 2.59. The van der Waals surface area contributed by atoms with Gasteiger partial charge in [0.05, 0.1) is 10.0 Å². The Labute approximate surface area is 112 Å². The van der Waals surface area contributed by atoms with Gasteiger partial charge in [-0.2, -0.15) is 0 Å². The van der Waals surface area contributed by atoms with E-state index in [4.69, 9.17) is 23.2 Å². The van der Waals surface area contributed by atoms with Crippen LogP contribution in [0.4, 0.5) is 0 Å². The van der Waals surface area contributed by atoms with Crippen molar-refractivity contribution in [3.8, 4) is 0 Å². The summed E-state index contributed by atoms with van der Waals surface area (Å²) in [5, 5.41) is 1.34. The van der Waals surface area contributed by atoms with Crippen LogP contribution in [0.25, 0.3) is 0 Å². The number of nitrogens with zero attached hydrogens (tertiary/aromatic N) is 1. The maximum Gasteiger partial charge on any atom is 0.0595 e. The molecule has 0 radical (unpaired) electrons. The first kappa shape index (κ1) is 12.5. The molecule has 0 spiro atoms. The second-order valence-corrected chi connectivity index (χ2v) is 5.70. The van der Waals surface area contributed by atoms with E-state index in [2.05, 4.69) is 18.0 Å². The average Bonchev–Trinajstić information content (AvgIpc) is 2.75. The quantitative estimate of drug-likeness (QED) is 0.758. The van der Waals surface area contributed by atoms with Crippen LogP contribution in [0.5, 0.6) is 0 Å². The molecule has 1 aliphatic heterocycles. The summed E-state index contributed by atoms with van der Waals surface area (Å²) >= 11 is 12.0. The Morgan fingerprint density at radius 2 is 2.06 bits per heavy atom. The molecule has 2 aliphatic rings. The summed E-state index contributed by atoms with van der Waals surface area (Å²) in [6.07, 6.45) is 1.31. The van der Waals surface area contributed by atoms with Crippen molar-refractivity contribution in [1.82, 2.24) is 4.90 Å². The zero-order valence-electron chi connectivity index (χ0n) is 9.04. The third-order valence-corrected chi connectivity index (χ3v) is 4.55. The number of benzene rings is 1. The lowest BCUT2D eigenvalue weighted by Crippen LogP contribution is -2.22. The first-order valence-electron chi connectivity index (χ1n) is 5.26. The van der Waals surface area contributed by atoms with Gasteiger partial charge in [0.1, 0.15) is 0 Å². The van der Waals surface area contributed by atoms with Crippen LogP contribution in [-0.4, -0.2) is 25.0 Å². The Morgan fingerprint density at radius 1 is 1.31 bits per heavy atom. The molecule has 3 rings (SSSR count). The lowest BCUT2D eigenvalue weighted by Gasteiger charge is -2.16. The van der Waals surface area contributed by atoms with Crippen LogP contribution in [0, 0.1) is 5.92 Å². The van der Waals surface area contributed by atoms with Gasteiger partial charge >= 0.3 is 0 Å². The SMILES string of the molecule is CN1C[C@@H]2C[C@]2(c2ccc(Cl)c(Cl)c2)C1.Cl. The minimum absolute atomic E-state index is 0. The summed E-state index contributed by atoms with van der Waals surface area (Å²) in [5.41, 5.74) is 1.76. The van der Waals surface area contributed by atoms with Crippen molar-refractivity contribution in [3.63, 3.8) is 0 Å². The molecule has 1 aromatic rings. The summed E-state index contributed by atoms with van der Waals surface area (Å²) in [7, 11) is 2.19. The normalized spacial score (nSPS) is 32.1. The maximum absolute atomic E-state index is 6.06. The fourth-order valence-corrected chi connectivity index (χ4v) is 3.28. The predicted molar refractivity (Wildman–Crippen MR) is 71.0 cm³/mol. The topological polar surface area (TPSA) is 3.24 Å².